The van der Waals surface area contributed by atoms with Gasteiger partial charge in [0.15, 0.2) is 11.7 Å². The Morgan fingerprint density at radius 3 is 2.54 bits per heavy atom. The Bertz CT molecular complexity index is 2780. The van der Waals surface area contributed by atoms with Crippen LogP contribution in [0.5, 0.6) is 0 Å². The van der Waals surface area contributed by atoms with Crippen LogP contribution < -0.4 is 21.7 Å². The van der Waals surface area contributed by atoms with Gasteiger partial charge < -0.3 is 56.9 Å². The summed E-state index contributed by atoms with van der Waals surface area (Å²) in [5.74, 6) is -0.260. The molecule has 0 aromatic carbocycles. The number of carbonyl (C=O) groups excluding carboxylic acids is 1. The summed E-state index contributed by atoms with van der Waals surface area (Å²) in [4.78, 5) is 25.6. The lowest BCUT2D eigenvalue weighted by atomic mass is 9.40. The predicted molar refractivity (Wildman–Crippen MR) is 323 cm³/mol. The average molecular weight is 1170 g/mol. The number of carbonyl (C=O) groups is 1. The summed E-state index contributed by atoms with van der Waals surface area (Å²) < 4.78 is 1.90. The van der Waals surface area contributed by atoms with E-state index in [-0.39, 0.29) is 77.8 Å². The highest BCUT2D eigenvalue weighted by molar-refractivity contribution is 8.77. The third-order valence-electron chi connectivity index (χ3n) is 27.0. The van der Waals surface area contributed by atoms with Crippen molar-refractivity contribution in [3.05, 3.63) is 52.7 Å². The normalized spacial score (nSPS) is 48.6. The lowest BCUT2D eigenvalue weighted by molar-refractivity contribution is -0.199. The van der Waals surface area contributed by atoms with Crippen LogP contribution in [0, 0.1) is 98.1 Å². The number of nitrogens with two attached hydrogens (primary N) is 1. The third kappa shape index (κ3) is 8.03. The van der Waals surface area contributed by atoms with Crippen LogP contribution in [0.15, 0.2) is 57.7 Å². The van der Waals surface area contributed by atoms with Gasteiger partial charge in [0, 0.05) is 77.0 Å². The number of aliphatic imine (C=N–C) groups is 1. The molecule has 16 heteroatoms. The van der Waals surface area contributed by atoms with Crippen LogP contribution >= 0.6 is 21.6 Å². The lowest BCUT2D eigenvalue weighted by Crippen LogP contribution is -2.70. The zero-order valence-electron chi connectivity index (χ0n) is 49.8. The minimum absolute atomic E-state index is 0.0935. The maximum Gasteiger partial charge on any atom is 0.190 e. The fraction of sp³-hybridized carbons (Fsp3) is 0.833. The maximum atomic E-state index is 15.8. The highest BCUT2D eigenvalue weighted by Crippen LogP contribution is 2.80. The zero-order chi connectivity index (χ0) is 57.1. The summed E-state index contributed by atoms with van der Waals surface area (Å²) in [6, 6.07) is 0.114. The van der Waals surface area contributed by atoms with E-state index in [0.717, 1.165) is 95.4 Å². The van der Waals surface area contributed by atoms with Crippen LogP contribution in [-0.4, -0.2) is 132 Å². The number of piperidine rings is 1. The van der Waals surface area contributed by atoms with Crippen molar-refractivity contribution in [2.45, 2.75) is 197 Å². The van der Waals surface area contributed by atoms with Gasteiger partial charge >= 0.3 is 0 Å². The van der Waals surface area contributed by atoms with Crippen molar-refractivity contribution >= 4 is 33.3 Å². The van der Waals surface area contributed by atoms with E-state index in [1.807, 2.05) is 47.2 Å². The molecule has 0 amide bonds. The Labute approximate surface area is 495 Å². The van der Waals surface area contributed by atoms with Crippen LogP contribution in [0.2, 0.25) is 0 Å². The van der Waals surface area contributed by atoms with Crippen LogP contribution in [0.25, 0.3) is 0 Å². The molecule has 10 fully saturated rings. The number of aliphatic hydroxyl groups is 6. The molecule has 1 aromatic rings. The van der Waals surface area contributed by atoms with E-state index in [9.17, 15) is 25.5 Å². The molecule has 8 saturated carbocycles. The van der Waals surface area contributed by atoms with E-state index in [0.29, 0.717) is 42.2 Å². The number of hydrogen-bond acceptors (Lipinski definition) is 13. The Balaban J connectivity index is 1.02. The van der Waals surface area contributed by atoms with Crippen molar-refractivity contribution < 1.29 is 35.4 Å². The largest absolute Gasteiger partial charge is 0.396 e. The van der Waals surface area contributed by atoms with E-state index in [1.54, 1.807) is 23.6 Å². The van der Waals surface area contributed by atoms with Crippen molar-refractivity contribution in [3.63, 3.8) is 0 Å². The quantitative estimate of drug-likeness (QED) is 0.0412. The van der Waals surface area contributed by atoms with Gasteiger partial charge in [-0.3, -0.25) is 9.79 Å². The number of nitrogens with zero attached hydrogens (tertiary/aromatic N) is 3. The second-order valence-electron chi connectivity index (χ2n) is 30.8. The molecule has 11 aliphatic carbocycles. The Morgan fingerprint density at radius 2 is 1.78 bits per heavy atom. The summed E-state index contributed by atoms with van der Waals surface area (Å²) in [5.41, 5.74) is 9.88. The number of ketones is 1. The summed E-state index contributed by atoms with van der Waals surface area (Å²) in [5, 5.41) is 88.1. The second-order valence-corrected chi connectivity index (χ2v) is 33.5. The molecule has 2 aliphatic heterocycles. The molecule has 6 bridgehead atoms. The molecule has 3 spiro atoms. The van der Waals surface area contributed by atoms with Gasteiger partial charge in [0.2, 0.25) is 0 Å². The average Bonchev–Trinajstić information content (AvgIpc) is 1.42. The third-order valence-corrected chi connectivity index (χ3v) is 30.5. The lowest BCUT2D eigenvalue weighted by Gasteiger charge is -2.66. The molecule has 22 unspecified atom stereocenters. The van der Waals surface area contributed by atoms with Gasteiger partial charge in [-0.05, 0) is 217 Å². The Kier molecular flexibility index (Phi) is 14.5. The van der Waals surface area contributed by atoms with E-state index in [1.165, 1.54) is 44.1 Å². The molecule has 82 heavy (non-hydrogen) atoms. The monoisotopic (exact) mass is 1170 g/mol. The van der Waals surface area contributed by atoms with Crippen molar-refractivity contribution in [3.8, 4) is 0 Å². The minimum Gasteiger partial charge on any atom is -0.396 e. The number of guanidine groups is 1. The smallest absolute Gasteiger partial charge is 0.190 e. The maximum absolute atomic E-state index is 15.8. The molecule has 11 N–H and O–H groups in total. The number of aromatic nitrogens is 2. The van der Waals surface area contributed by atoms with Crippen LogP contribution in [0.1, 0.15) is 162 Å². The summed E-state index contributed by atoms with van der Waals surface area (Å²) >= 11 is 0. The summed E-state index contributed by atoms with van der Waals surface area (Å²) in [6.45, 7) is 10.8. The predicted octanol–water partition coefficient (Wildman–Crippen LogP) is 7.86. The number of nitrogens with one attached hydrogen (secondary N) is 3. The number of hydrogen-bond donors (Lipinski definition) is 10. The molecule has 1 aromatic heterocycles. The van der Waals surface area contributed by atoms with Gasteiger partial charge in [-0.2, -0.15) is 0 Å². The highest BCUT2D eigenvalue weighted by Gasteiger charge is 2.80. The summed E-state index contributed by atoms with van der Waals surface area (Å²) in [6.07, 6.45) is 24.3. The number of rotatable bonds is 7. The molecule has 14 nitrogen and oxygen atoms in total. The van der Waals surface area contributed by atoms with Gasteiger partial charge in [0.05, 0.1) is 36.8 Å². The van der Waals surface area contributed by atoms with E-state index in [4.69, 9.17) is 15.7 Å². The highest BCUT2D eigenvalue weighted by atomic mass is 33.1. The molecular weight excluding hydrogens is 1070 g/mol. The molecule has 13 aliphatic rings. The first-order valence-electron chi connectivity index (χ1n) is 32.8. The van der Waals surface area contributed by atoms with E-state index in [2.05, 4.69) is 47.5 Å². The van der Waals surface area contributed by atoms with E-state index >= 15 is 9.90 Å². The van der Waals surface area contributed by atoms with Gasteiger partial charge in [0.1, 0.15) is 6.23 Å². The molecule has 22 atom stereocenters. The first-order valence-corrected chi connectivity index (χ1v) is 35.1. The van der Waals surface area contributed by atoms with Gasteiger partial charge in [0.25, 0.3) is 0 Å². The molecule has 0 radical (unpaired) electrons. The molecule has 14 rings (SSSR count). The van der Waals surface area contributed by atoms with Crippen LogP contribution in [0.3, 0.4) is 0 Å². The number of allylic oxidation sites excluding steroid dienone is 3. The first kappa shape index (κ1) is 57.5. The molecular formula is C66H99N7O7S2. The van der Waals surface area contributed by atoms with Crippen LogP contribution in [-0.2, 0) is 4.79 Å². The Hall–Kier alpha value is -2.25. The fourth-order valence-electron chi connectivity index (χ4n) is 24.7. The van der Waals surface area contributed by atoms with Gasteiger partial charge in [-0.25, -0.2) is 4.98 Å². The van der Waals surface area contributed by atoms with Crippen molar-refractivity contribution in [1.82, 2.24) is 25.5 Å². The molecule has 3 heterocycles. The minimum atomic E-state index is -1.70. The molecule has 452 valence electrons. The first-order chi connectivity index (χ1) is 39.3. The number of aliphatic hydroxyl groups excluding tert-OH is 5. The Morgan fingerprint density at radius 1 is 0.963 bits per heavy atom. The van der Waals surface area contributed by atoms with Gasteiger partial charge in [-0.1, -0.05) is 77.5 Å². The SMILES string of the molecule is CNCC1C(O)C(O)CC2(C)C3C(=CC(=O)C12)C1(O)C2CC(C4CC5CCCC6=C5C(C(=C5CC7CCC8CCCC8(C7)C65)C(C)(C)CC(n5ccnc5)CSSC25CCCC52CCNCC2)C4O)C1(CO)CC3CN=C(N)NC(C)O. The zero-order valence-corrected chi connectivity index (χ0v) is 51.5. The second kappa shape index (κ2) is 20.7. The topological polar surface area (TPSA) is 231 Å². The van der Waals surface area contributed by atoms with Crippen molar-refractivity contribution in [2.24, 2.45) is 109 Å². The van der Waals surface area contributed by atoms with Crippen molar-refractivity contribution in [2.75, 3.05) is 45.6 Å². The van der Waals surface area contributed by atoms with Crippen LogP contribution in [0.4, 0.5) is 0 Å². The van der Waals surface area contributed by atoms with Gasteiger partial charge in [-0.15, -0.1) is 0 Å². The standard InChI is InChI=1S/C66H99N7O7S2/c1-36(75)72-59(67)71-31-39-28-64(34-74)46-26-50(66(64,80)47-25-48(76)55-45(32-68-5)57(78)49(77)30-61(55,4)53(39)47)65(16-8-14-62(65)17-19-69-20-18-62)82-81-33-41(73-22-21-70-35-73)29-60(2,3)56-44-23-37-12-13-40-10-7-15-63(40,27-37)54(44)42-11-6-9-38-24-43(46)58(79)52(56)51(38)42/h21-22,25,35-41,43,45-46,49-50,52-55,57-58,68-69,74-75,77-80H,6-20,23-24,26-34H2,1-5H3,(H3,67,71,72). The number of fused-ring (bicyclic) bond motifs is 16. The number of imidazole rings is 1. The molecule has 2 saturated heterocycles. The van der Waals surface area contributed by atoms with E-state index < -0.39 is 69.4 Å². The fourth-order valence-corrected chi connectivity index (χ4v) is 28.9. The summed E-state index contributed by atoms with van der Waals surface area (Å²) in [7, 11) is 5.86. The van der Waals surface area contributed by atoms with Crippen molar-refractivity contribution in [1.29, 1.82) is 0 Å².